The molecule has 1 unspecified atom stereocenters. The van der Waals surface area contributed by atoms with Crippen LogP contribution in [0.2, 0.25) is 0 Å². The molecule has 1 aromatic heterocycles. The lowest BCUT2D eigenvalue weighted by atomic mass is 9.82. The quantitative estimate of drug-likeness (QED) is 0.433. The summed E-state index contributed by atoms with van der Waals surface area (Å²) in [6.45, 7) is 9.83. The second kappa shape index (κ2) is 13.1. The minimum absolute atomic E-state index is 0.0425. The minimum atomic E-state index is -1.13. The third-order valence-corrected chi connectivity index (χ3v) is 11.4. The Bertz CT molecular complexity index is 1510. The molecule has 0 radical (unpaired) electrons. The van der Waals surface area contributed by atoms with Gasteiger partial charge >= 0.3 is 12.1 Å². The molecule has 4 aliphatic rings. The van der Waals surface area contributed by atoms with Crippen molar-refractivity contribution in [1.82, 2.24) is 20.2 Å². The lowest BCUT2D eigenvalue weighted by molar-refractivity contribution is -0.151. The van der Waals surface area contributed by atoms with E-state index in [1.807, 2.05) is 45.9 Å². The average molecular weight is 651 g/mol. The highest BCUT2D eigenvalue weighted by Crippen LogP contribution is 2.55. The summed E-state index contributed by atoms with van der Waals surface area (Å²) in [5.41, 5.74) is 1.36. The van der Waals surface area contributed by atoms with Crippen LogP contribution in [0.3, 0.4) is 0 Å². The van der Waals surface area contributed by atoms with Crippen molar-refractivity contribution < 1.29 is 33.7 Å². The Morgan fingerprint density at radius 1 is 1.04 bits per heavy atom. The zero-order valence-corrected chi connectivity index (χ0v) is 28.5. The molecular formula is C36H50N4O7. The largest absolute Gasteiger partial charge is 0.497 e. The molecule has 2 saturated carbocycles. The summed E-state index contributed by atoms with van der Waals surface area (Å²) >= 11 is 0. The predicted molar refractivity (Wildman–Crippen MR) is 175 cm³/mol. The number of hydrogen-bond donors (Lipinski definition) is 2. The summed E-state index contributed by atoms with van der Waals surface area (Å²) in [7, 11) is 1.60. The minimum Gasteiger partial charge on any atom is -0.497 e. The number of benzene rings is 1. The number of methoxy groups -OCH3 is 1. The summed E-state index contributed by atoms with van der Waals surface area (Å²) in [6, 6.07) is 3.43. The van der Waals surface area contributed by atoms with Crippen LogP contribution in [-0.2, 0) is 20.7 Å². The Morgan fingerprint density at radius 2 is 1.81 bits per heavy atom. The molecule has 3 fully saturated rings. The fourth-order valence-corrected chi connectivity index (χ4v) is 8.96. The van der Waals surface area contributed by atoms with Gasteiger partial charge in [0, 0.05) is 12.0 Å². The van der Waals surface area contributed by atoms with Crippen LogP contribution in [0.4, 0.5) is 4.79 Å². The van der Waals surface area contributed by atoms with Crippen LogP contribution in [0.25, 0.3) is 11.0 Å². The monoisotopic (exact) mass is 650 g/mol. The number of carboxylic acids is 1. The zero-order chi connectivity index (χ0) is 33.6. The number of carboxylic acid groups (broad SMARTS) is 1. The lowest BCUT2D eigenvalue weighted by Crippen LogP contribution is -2.57. The van der Waals surface area contributed by atoms with Gasteiger partial charge in [-0.2, -0.15) is 0 Å². The van der Waals surface area contributed by atoms with Crippen LogP contribution in [0.15, 0.2) is 18.2 Å². The Labute approximate surface area is 277 Å². The number of aryl methyl sites for hydroxylation is 1. The maximum absolute atomic E-state index is 14.4. The van der Waals surface area contributed by atoms with E-state index in [9.17, 15) is 19.5 Å². The lowest BCUT2D eigenvalue weighted by Gasteiger charge is -2.36. The van der Waals surface area contributed by atoms with Gasteiger partial charge in [0.1, 0.15) is 35.7 Å². The van der Waals surface area contributed by atoms with Gasteiger partial charge in [-0.05, 0) is 79.7 Å². The Kier molecular flexibility index (Phi) is 9.28. The highest BCUT2D eigenvalue weighted by molar-refractivity contribution is 5.90. The standard InChI is InChI=1S/C36H50N4O7/c1-7-21-28-18-40(29(21)34(42)43)33(41)31(36(3,4)5)39-35(44)47-30-23-15-14-22(19(23)2)24(30)11-9-8-10-12-26-32(46-28)38-27-17-20(45-6)13-16-25(27)37-26/h13,16-17,19,21-24,28-31H,7-12,14-15,18H2,1-6H3,(H,39,44)(H,42,43)/t19-,21?,22-,23+,24-,28+,29+,30-,31-/m1/s1. The van der Waals surface area contributed by atoms with E-state index in [-0.39, 0.29) is 18.6 Å². The molecule has 256 valence electrons. The molecule has 1 aromatic carbocycles. The van der Waals surface area contributed by atoms with Gasteiger partial charge < -0.3 is 29.5 Å². The molecule has 11 nitrogen and oxygen atoms in total. The molecule has 11 heteroatoms. The Morgan fingerprint density at radius 3 is 2.51 bits per heavy atom. The number of alkyl carbamates (subject to hydrolysis) is 1. The van der Waals surface area contributed by atoms with Gasteiger partial charge in [0.2, 0.25) is 11.8 Å². The summed E-state index contributed by atoms with van der Waals surface area (Å²) in [6.07, 6.45) is 5.75. The SMILES string of the molecule is CCC1[C@@H]2CN(C(=O)[C@H](C(C)(C)C)NC(=O)O[C@H]3[C@H](CCCCCc4nc5ccc(OC)cc5nc4O2)[C@@H]2CC[C@H]3[C@@H]2C)[C@@H]1C(=O)O. The summed E-state index contributed by atoms with van der Waals surface area (Å²) < 4.78 is 18.2. The molecule has 1 saturated heterocycles. The van der Waals surface area contributed by atoms with Crippen molar-refractivity contribution in [3.8, 4) is 11.6 Å². The van der Waals surface area contributed by atoms with Gasteiger partial charge in [0.05, 0.1) is 24.7 Å². The van der Waals surface area contributed by atoms with Crippen molar-refractivity contribution >= 4 is 29.0 Å². The first kappa shape index (κ1) is 33.3. The third kappa shape index (κ3) is 6.34. The molecule has 2 N–H and O–H groups in total. The van der Waals surface area contributed by atoms with Crippen molar-refractivity contribution in [2.45, 2.75) is 110 Å². The van der Waals surface area contributed by atoms with Gasteiger partial charge in [0.25, 0.3) is 0 Å². The summed E-state index contributed by atoms with van der Waals surface area (Å²) in [5, 5.41) is 13.4. The van der Waals surface area contributed by atoms with Crippen molar-refractivity contribution in [1.29, 1.82) is 0 Å². The first-order valence-electron chi connectivity index (χ1n) is 17.4. The fraction of sp³-hybridized carbons (Fsp3) is 0.694. The number of carbonyl (C=O) groups is 3. The number of nitrogens with zero attached hydrogens (tertiary/aromatic N) is 3. The van der Waals surface area contributed by atoms with Crippen molar-refractivity contribution in [2.75, 3.05) is 13.7 Å². The van der Waals surface area contributed by atoms with Gasteiger partial charge in [-0.15, -0.1) is 0 Å². The van der Waals surface area contributed by atoms with E-state index >= 15 is 0 Å². The molecule has 2 aliphatic carbocycles. The van der Waals surface area contributed by atoms with Crippen molar-refractivity contribution in [2.24, 2.45) is 35.0 Å². The number of carbonyl (C=O) groups excluding carboxylic acids is 2. The van der Waals surface area contributed by atoms with E-state index in [0.29, 0.717) is 47.7 Å². The number of nitrogens with one attached hydrogen (secondary N) is 1. The molecule has 2 aliphatic heterocycles. The highest BCUT2D eigenvalue weighted by Gasteiger charge is 2.55. The van der Waals surface area contributed by atoms with Gasteiger partial charge in [-0.1, -0.05) is 47.5 Å². The van der Waals surface area contributed by atoms with E-state index in [1.54, 1.807) is 7.11 Å². The van der Waals surface area contributed by atoms with E-state index in [2.05, 4.69) is 12.2 Å². The Hall–Kier alpha value is -3.63. The van der Waals surface area contributed by atoms with Crippen LogP contribution in [-0.4, -0.2) is 75.9 Å². The fourth-order valence-electron chi connectivity index (χ4n) is 8.96. The van der Waals surface area contributed by atoms with E-state index < -0.39 is 47.5 Å². The smallest absolute Gasteiger partial charge is 0.408 e. The average Bonchev–Trinajstić information content (AvgIpc) is 3.66. The van der Waals surface area contributed by atoms with Gasteiger partial charge in [-0.3, -0.25) is 4.79 Å². The number of ether oxygens (including phenoxy) is 3. The van der Waals surface area contributed by atoms with Crippen molar-refractivity contribution in [3.05, 3.63) is 23.9 Å². The first-order valence-corrected chi connectivity index (χ1v) is 17.4. The molecule has 0 spiro atoms. The molecule has 2 aromatic rings. The molecule has 47 heavy (non-hydrogen) atoms. The number of amides is 2. The van der Waals surface area contributed by atoms with Crippen LogP contribution < -0.4 is 14.8 Å². The number of aromatic nitrogens is 2. The van der Waals surface area contributed by atoms with Gasteiger partial charge in [0.15, 0.2) is 0 Å². The van der Waals surface area contributed by atoms with E-state index in [4.69, 9.17) is 24.2 Å². The van der Waals surface area contributed by atoms with E-state index in [1.165, 1.54) is 4.90 Å². The number of hydrogen-bond acceptors (Lipinski definition) is 8. The first-order chi connectivity index (χ1) is 22.4. The normalized spacial score (nSPS) is 33.2. The van der Waals surface area contributed by atoms with Crippen LogP contribution in [0.1, 0.15) is 85.3 Å². The van der Waals surface area contributed by atoms with Crippen LogP contribution in [0.5, 0.6) is 11.6 Å². The molecule has 4 bridgehead atoms. The number of rotatable bonds is 3. The zero-order valence-electron chi connectivity index (χ0n) is 28.5. The molecule has 6 rings (SSSR count). The maximum Gasteiger partial charge on any atom is 0.408 e. The van der Waals surface area contributed by atoms with Crippen LogP contribution in [0, 0.1) is 35.0 Å². The van der Waals surface area contributed by atoms with Crippen molar-refractivity contribution in [3.63, 3.8) is 0 Å². The Balaban J connectivity index is 1.39. The number of fused-ring (bicyclic) bond motifs is 9. The molecule has 2 amide bonds. The molecule has 9 atom stereocenters. The highest BCUT2D eigenvalue weighted by atomic mass is 16.6. The number of aliphatic carboxylic acids is 1. The summed E-state index contributed by atoms with van der Waals surface area (Å²) in [4.78, 5) is 52.0. The van der Waals surface area contributed by atoms with Gasteiger partial charge in [-0.25, -0.2) is 19.6 Å². The maximum atomic E-state index is 14.4. The van der Waals surface area contributed by atoms with Crippen LogP contribution >= 0.6 is 0 Å². The van der Waals surface area contributed by atoms with E-state index in [0.717, 1.165) is 49.7 Å². The predicted octanol–water partition coefficient (Wildman–Crippen LogP) is 5.63. The second-order valence-electron chi connectivity index (χ2n) is 15.2. The molecule has 3 heterocycles. The molecular weight excluding hydrogens is 600 g/mol. The summed E-state index contributed by atoms with van der Waals surface area (Å²) in [5.74, 6) is 0.561. The topological polar surface area (TPSA) is 140 Å². The third-order valence-electron chi connectivity index (χ3n) is 11.4. The second-order valence-corrected chi connectivity index (χ2v) is 15.2.